The lowest BCUT2D eigenvalue weighted by atomic mass is 10.2. The summed E-state index contributed by atoms with van der Waals surface area (Å²) in [6, 6.07) is 7.24. The molecule has 1 unspecified atom stereocenters. The van der Waals surface area contributed by atoms with Gasteiger partial charge in [0.15, 0.2) is 0 Å². The summed E-state index contributed by atoms with van der Waals surface area (Å²) in [6.45, 7) is 5.33. The third kappa shape index (κ3) is 4.04. The second-order valence-electron chi connectivity index (χ2n) is 4.33. The van der Waals surface area contributed by atoms with E-state index in [9.17, 15) is 9.90 Å². The number of methoxy groups -OCH3 is 1. The molecule has 0 aromatic heterocycles. The summed E-state index contributed by atoms with van der Waals surface area (Å²) < 4.78 is 4.66. The van der Waals surface area contributed by atoms with Gasteiger partial charge < -0.3 is 14.7 Å². The summed E-state index contributed by atoms with van der Waals surface area (Å²) in [5.74, 6) is -0.334. The van der Waals surface area contributed by atoms with Crippen LogP contribution in [0.5, 0.6) is 0 Å². The Hall–Kier alpha value is -1.55. The summed E-state index contributed by atoms with van der Waals surface area (Å²) in [4.78, 5) is 13.4. The number of hydrogen-bond acceptors (Lipinski definition) is 4. The highest BCUT2D eigenvalue weighted by Crippen LogP contribution is 2.16. The summed E-state index contributed by atoms with van der Waals surface area (Å²) in [5, 5.41) is 9.48. The second-order valence-corrected chi connectivity index (χ2v) is 4.33. The van der Waals surface area contributed by atoms with Crippen LogP contribution in [-0.4, -0.2) is 37.4 Å². The molecule has 0 spiro atoms. The van der Waals surface area contributed by atoms with Gasteiger partial charge >= 0.3 is 5.97 Å². The number of rotatable bonds is 6. The number of hydrogen-bond donors (Lipinski definition) is 1. The van der Waals surface area contributed by atoms with Crippen LogP contribution in [0.25, 0.3) is 0 Å². The zero-order chi connectivity index (χ0) is 13.5. The van der Waals surface area contributed by atoms with E-state index in [-0.39, 0.29) is 12.1 Å². The van der Waals surface area contributed by atoms with E-state index in [1.165, 1.54) is 7.11 Å². The molecule has 0 saturated heterocycles. The lowest BCUT2D eigenvalue weighted by Gasteiger charge is -2.25. The largest absolute Gasteiger partial charge is 0.465 e. The molecule has 1 aromatic carbocycles. The average molecular weight is 251 g/mol. The van der Waals surface area contributed by atoms with Gasteiger partial charge in [-0.2, -0.15) is 0 Å². The van der Waals surface area contributed by atoms with E-state index in [1.807, 2.05) is 12.1 Å². The van der Waals surface area contributed by atoms with Gasteiger partial charge in [0.25, 0.3) is 0 Å². The van der Waals surface area contributed by atoms with Crippen molar-refractivity contribution in [2.75, 3.05) is 25.1 Å². The molecule has 0 fully saturated rings. The smallest absolute Gasteiger partial charge is 0.337 e. The van der Waals surface area contributed by atoms with Crippen molar-refractivity contribution in [2.45, 2.75) is 26.4 Å². The summed E-state index contributed by atoms with van der Waals surface area (Å²) >= 11 is 0. The van der Waals surface area contributed by atoms with Crippen LogP contribution in [0.1, 0.15) is 30.6 Å². The zero-order valence-corrected chi connectivity index (χ0v) is 11.2. The number of carbonyl (C=O) groups is 1. The fourth-order valence-corrected chi connectivity index (χ4v) is 1.84. The van der Waals surface area contributed by atoms with Gasteiger partial charge in [-0.3, -0.25) is 0 Å². The Morgan fingerprint density at radius 1 is 1.39 bits per heavy atom. The van der Waals surface area contributed by atoms with Crippen LogP contribution in [-0.2, 0) is 4.74 Å². The quantitative estimate of drug-likeness (QED) is 0.786. The van der Waals surface area contributed by atoms with Gasteiger partial charge in [-0.1, -0.05) is 6.92 Å². The minimum Gasteiger partial charge on any atom is -0.465 e. The van der Waals surface area contributed by atoms with Gasteiger partial charge in [0.1, 0.15) is 0 Å². The first-order valence-electron chi connectivity index (χ1n) is 6.19. The van der Waals surface area contributed by atoms with E-state index in [4.69, 9.17) is 0 Å². The molecule has 100 valence electrons. The van der Waals surface area contributed by atoms with Crippen molar-refractivity contribution >= 4 is 11.7 Å². The Kier molecular flexibility index (Phi) is 5.65. The number of nitrogens with zero attached hydrogens (tertiary/aromatic N) is 1. The fourth-order valence-electron chi connectivity index (χ4n) is 1.84. The van der Waals surface area contributed by atoms with E-state index in [0.717, 1.165) is 18.7 Å². The maximum Gasteiger partial charge on any atom is 0.337 e. The molecule has 0 aliphatic heterocycles. The standard InChI is InChI=1S/C14H21NO3/c1-4-9-15(10-11(2)16)13-7-5-12(6-8-13)14(17)18-3/h5-8,11,16H,4,9-10H2,1-3H3. The third-order valence-corrected chi connectivity index (χ3v) is 2.63. The van der Waals surface area contributed by atoms with Crippen LogP contribution in [0.3, 0.4) is 0 Å². The van der Waals surface area contributed by atoms with Crippen molar-refractivity contribution < 1.29 is 14.6 Å². The minimum atomic E-state index is -0.378. The van der Waals surface area contributed by atoms with Gasteiger partial charge in [0.2, 0.25) is 0 Å². The number of carbonyl (C=O) groups excluding carboxylic acids is 1. The third-order valence-electron chi connectivity index (χ3n) is 2.63. The van der Waals surface area contributed by atoms with Crippen LogP contribution in [0, 0.1) is 0 Å². The van der Waals surface area contributed by atoms with Gasteiger partial charge in [-0.25, -0.2) is 4.79 Å². The predicted molar refractivity (Wildman–Crippen MR) is 72.0 cm³/mol. The van der Waals surface area contributed by atoms with Crippen molar-refractivity contribution in [2.24, 2.45) is 0 Å². The maximum atomic E-state index is 11.3. The summed E-state index contributed by atoms with van der Waals surface area (Å²) in [7, 11) is 1.37. The predicted octanol–water partition coefficient (Wildman–Crippen LogP) is 2.07. The molecule has 4 nitrogen and oxygen atoms in total. The molecule has 1 aromatic rings. The second kappa shape index (κ2) is 7.01. The van der Waals surface area contributed by atoms with Crippen molar-refractivity contribution in [3.8, 4) is 0 Å². The van der Waals surface area contributed by atoms with Gasteiger partial charge in [0, 0.05) is 18.8 Å². The first-order valence-corrected chi connectivity index (χ1v) is 6.19. The molecule has 1 N–H and O–H groups in total. The topological polar surface area (TPSA) is 49.8 Å². The van der Waals surface area contributed by atoms with E-state index >= 15 is 0 Å². The minimum absolute atomic E-state index is 0.334. The number of ether oxygens (including phenoxy) is 1. The Bertz CT molecular complexity index is 373. The molecule has 1 rings (SSSR count). The Morgan fingerprint density at radius 2 is 2.00 bits per heavy atom. The summed E-state index contributed by atoms with van der Waals surface area (Å²) in [6.07, 6.45) is 0.627. The van der Waals surface area contributed by atoms with Crippen LogP contribution in [0.2, 0.25) is 0 Å². The highest BCUT2D eigenvalue weighted by Gasteiger charge is 2.10. The molecule has 1 atom stereocenters. The van der Waals surface area contributed by atoms with Crippen molar-refractivity contribution in [1.82, 2.24) is 0 Å². The molecule has 0 bridgehead atoms. The van der Waals surface area contributed by atoms with E-state index in [1.54, 1.807) is 19.1 Å². The van der Waals surface area contributed by atoms with E-state index in [0.29, 0.717) is 12.1 Å². The van der Waals surface area contributed by atoms with Crippen LogP contribution >= 0.6 is 0 Å². The molecule has 0 amide bonds. The normalized spacial score (nSPS) is 12.0. The summed E-state index contributed by atoms with van der Waals surface area (Å²) in [5.41, 5.74) is 1.54. The van der Waals surface area contributed by atoms with Crippen molar-refractivity contribution in [1.29, 1.82) is 0 Å². The molecule has 18 heavy (non-hydrogen) atoms. The van der Waals surface area contributed by atoms with Crippen molar-refractivity contribution in [3.05, 3.63) is 29.8 Å². The number of aliphatic hydroxyl groups is 1. The Labute approximate surface area is 108 Å². The monoisotopic (exact) mass is 251 g/mol. The molecule has 4 heteroatoms. The first-order chi connectivity index (χ1) is 8.58. The molecule has 0 saturated carbocycles. The lowest BCUT2D eigenvalue weighted by Crippen LogP contribution is -2.31. The molecule has 0 aliphatic rings. The number of anilines is 1. The molecule has 0 radical (unpaired) electrons. The maximum absolute atomic E-state index is 11.3. The average Bonchev–Trinajstić information content (AvgIpc) is 2.37. The SMILES string of the molecule is CCCN(CC(C)O)c1ccc(C(=O)OC)cc1. The molecular weight excluding hydrogens is 230 g/mol. The lowest BCUT2D eigenvalue weighted by molar-refractivity contribution is 0.0600. The van der Waals surface area contributed by atoms with Gasteiger partial charge in [0.05, 0.1) is 18.8 Å². The van der Waals surface area contributed by atoms with Crippen molar-refractivity contribution in [3.63, 3.8) is 0 Å². The van der Waals surface area contributed by atoms with Crippen LogP contribution < -0.4 is 4.90 Å². The number of benzene rings is 1. The number of aliphatic hydroxyl groups excluding tert-OH is 1. The molecular formula is C14H21NO3. The van der Waals surface area contributed by atoms with E-state index in [2.05, 4.69) is 16.6 Å². The Morgan fingerprint density at radius 3 is 2.44 bits per heavy atom. The van der Waals surface area contributed by atoms with Crippen LogP contribution in [0.4, 0.5) is 5.69 Å². The highest BCUT2D eigenvalue weighted by molar-refractivity contribution is 5.89. The molecule has 0 aliphatic carbocycles. The van der Waals surface area contributed by atoms with Gasteiger partial charge in [-0.15, -0.1) is 0 Å². The van der Waals surface area contributed by atoms with Gasteiger partial charge in [-0.05, 0) is 37.6 Å². The number of esters is 1. The van der Waals surface area contributed by atoms with Crippen LogP contribution in [0.15, 0.2) is 24.3 Å². The Balaban J connectivity index is 2.82. The zero-order valence-electron chi connectivity index (χ0n) is 11.2. The molecule has 0 heterocycles. The first kappa shape index (κ1) is 14.5. The van der Waals surface area contributed by atoms with E-state index < -0.39 is 0 Å². The fraction of sp³-hybridized carbons (Fsp3) is 0.500. The highest BCUT2D eigenvalue weighted by atomic mass is 16.5.